The van der Waals surface area contributed by atoms with Crippen molar-refractivity contribution in [3.8, 4) is 0 Å². The van der Waals surface area contributed by atoms with Crippen LogP contribution >= 0.6 is 0 Å². The Balaban J connectivity index is 2.26. The van der Waals surface area contributed by atoms with Crippen LogP contribution in [0.4, 0.5) is 0 Å². The van der Waals surface area contributed by atoms with Gasteiger partial charge in [-0.2, -0.15) is 0 Å². The molecule has 1 heterocycles. The Morgan fingerprint density at radius 3 is 2.58 bits per heavy atom. The Bertz CT molecular complexity index is 273. The number of carbonyl (C=O) groups excluding carboxylic acids is 1. The largest absolute Gasteiger partial charge is 0.356 e. The molecule has 1 aliphatic rings. The zero-order valence-electron chi connectivity index (χ0n) is 13.1. The van der Waals surface area contributed by atoms with Gasteiger partial charge in [0.2, 0.25) is 5.91 Å². The van der Waals surface area contributed by atoms with E-state index in [1.165, 1.54) is 6.42 Å². The van der Waals surface area contributed by atoms with Crippen LogP contribution in [-0.2, 0) is 4.79 Å². The minimum Gasteiger partial charge on any atom is -0.356 e. The highest BCUT2D eigenvalue weighted by Crippen LogP contribution is 2.20. The summed E-state index contributed by atoms with van der Waals surface area (Å²) in [5.41, 5.74) is 0.211. The number of hydrogen-bond donors (Lipinski definition) is 2. The predicted molar refractivity (Wildman–Crippen MR) is 80.2 cm³/mol. The smallest absolute Gasteiger partial charge is 0.221 e. The normalized spacial score (nSPS) is 19.2. The summed E-state index contributed by atoms with van der Waals surface area (Å²) in [6, 6.07) is 0.344. The molecule has 0 aromatic heterocycles. The van der Waals surface area contributed by atoms with Crippen molar-refractivity contribution in [1.82, 2.24) is 15.5 Å². The maximum atomic E-state index is 12.0. The van der Waals surface area contributed by atoms with Crippen LogP contribution in [0.25, 0.3) is 0 Å². The number of amides is 1. The predicted octanol–water partition coefficient (Wildman–Crippen LogP) is 1.61. The molecule has 19 heavy (non-hydrogen) atoms. The molecule has 0 saturated carbocycles. The van der Waals surface area contributed by atoms with Crippen LogP contribution in [0, 0.1) is 5.41 Å². The summed E-state index contributed by atoms with van der Waals surface area (Å²) in [5.74, 6) is 0.190. The van der Waals surface area contributed by atoms with E-state index in [1.807, 2.05) is 0 Å². The zero-order valence-corrected chi connectivity index (χ0v) is 13.1. The van der Waals surface area contributed by atoms with Crippen LogP contribution in [0.1, 0.15) is 47.0 Å². The molecule has 0 aliphatic carbocycles. The van der Waals surface area contributed by atoms with Gasteiger partial charge in [0.25, 0.3) is 0 Å². The van der Waals surface area contributed by atoms with Crippen molar-refractivity contribution >= 4 is 5.91 Å². The Morgan fingerprint density at radius 2 is 2.00 bits per heavy atom. The van der Waals surface area contributed by atoms with Gasteiger partial charge >= 0.3 is 0 Å². The first-order valence-electron chi connectivity index (χ1n) is 7.66. The van der Waals surface area contributed by atoms with Gasteiger partial charge in [-0.1, -0.05) is 27.2 Å². The van der Waals surface area contributed by atoms with Crippen molar-refractivity contribution in [3.63, 3.8) is 0 Å². The van der Waals surface area contributed by atoms with Gasteiger partial charge in [0.05, 0.1) is 0 Å². The monoisotopic (exact) mass is 269 g/mol. The molecule has 112 valence electrons. The Morgan fingerprint density at radius 1 is 1.37 bits per heavy atom. The van der Waals surface area contributed by atoms with E-state index in [0.29, 0.717) is 12.5 Å². The fraction of sp³-hybridized carbons (Fsp3) is 0.933. The lowest BCUT2D eigenvalue weighted by atomic mass is 9.88. The first-order valence-corrected chi connectivity index (χ1v) is 7.66. The third-order valence-electron chi connectivity index (χ3n) is 3.95. The lowest BCUT2D eigenvalue weighted by Crippen LogP contribution is -2.49. The van der Waals surface area contributed by atoms with Gasteiger partial charge in [-0.3, -0.25) is 9.69 Å². The second-order valence-corrected chi connectivity index (χ2v) is 6.53. The number of nitrogens with one attached hydrogen (secondary N) is 2. The fourth-order valence-corrected chi connectivity index (χ4v) is 2.70. The number of nitrogens with zero attached hydrogens (tertiary/aromatic N) is 1. The maximum Gasteiger partial charge on any atom is 0.221 e. The van der Waals surface area contributed by atoms with Crippen LogP contribution in [0.3, 0.4) is 0 Å². The molecule has 0 radical (unpaired) electrons. The molecule has 1 unspecified atom stereocenters. The van der Waals surface area contributed by atoms with Gasteiger partial charge in [0.1, 0.15) is 0 Å². The summed E-state index contributed by atoms with van der Waals surface area (Å²) < 4.78 is 0. The van der Waals surface area contributed by atoms with Crippen LogP contribution in [-0.4, -0.2) is 49.6 Å². The van der Waals surface area contributed by atoms with Crippen molar-refractivity contribution in [2.45, 2.75) is 53.0 Å². The van der Waals surface area contributed by atoms with E-state index in [2.05, 4.69) is 43.2 Å². The van der Waals surface area contributed by atoms with Crippen molar-refractivity contribution in [3.05, 3.63) is 0 Å². The molecule has 1 amide bonds. The highest BCUT2D eigenvalue weighted by atomic mass is 16.1. The molecule has 4 heteroatoms. The Kier molecular flexibility index (Phi) is 6.80. The molecule has 0 aromatic rings. The highest BCUT2D eigenvalue weighted by molar-refractivity contribution is 5.76. The number of carbonyl (C=O) groups is 1. The molecule has 0 spiro atoms. The molecule has 2 N–H and O–H groups in total. The van der Waals surface area contributed by atoms with Crippen LogP contribution in [0.2, 0.25) is 0 Å². The van der Waals surface area contributed by atoms with Gasteiger partial charge < -0.3 is 10.6 Å². The third kappa shape index (κ3) is 6.39. The molecule has 1 saturated heterocycles. The van der Waals surface area contributed by atoms with E-state index in [1.54, 1.807) is 0 Å². The van der Waals surface area contributed by atoms with E-state index in [4.69, 9.17) is 0 Å². The standard InChI is InChI=1S/C15H31N3O/c1-5-6-15(3,4)12-17-14(19)11-13(2)18-9-7-16-8-10-18/h13,16H,5-12H2,1-4H3,(H,17,19). The summed E-state index contributed by atoms with van der Waals surface area (Å²) in [4.78, 5) is 14.4. The summed E-state index contributed by atoms with van der Waals surface area (Å²) in [6.45, 7) is 13.7. The highest BCUT2D eigenvalue weighted by Gasteiger charge is 2.21. The first kappa shape index (κ1) is 16.4. The Labute approximate surface area is 118 Å². The average Bonchev–Trinajstić information content (AvgIpc) is 2.37. The van der Waals surface area contributed by atoms with E-state index in [0.717, 1.165) is 39.1 Å². The van der Waals surface area contributed by atoms with Crippen LogP contribution in [0.15, 0.2) is 0 Å². The number of hydrogen-bond acceptors (Lipinski definition) is 3. The van der Waals surface area contributed by atoms with Crippen molar-refractivity contribution in [2.75, 3.05) is 32.7 Å². The minimum absolute atomic E-state index is 0.190. The molecule has 1 atom stereocenters. The van der Waals surface area contributed by atoms with Crippen molar-refractivity contribution < 1.29 is 4.79 Å². The average molecular weight is 269 g/mol. The van der Waals surface area contributed by atoms with Gasteiger partial charge in [-0.05, 0) is 18.8 Å². The number of piperazine rings is 1. The lowest BCUT2D eigenvalue weighted by molar-refractivity contribution is -0.122. The molecule has 4 nitrogen and oxygen atoms in total. The minimum atomic E-state index is 0.190. The summed E-state index contributed by atoms with van der Waals surface area (Å²) >= 11 is 0. The summed E-state index contributed by atoms with van der Waals surface area (Å²) in [6.07, 6.45) is 2.93. The summed E-state index contributed by atoms with van der Waals surface area (Å²) in [7, 11) is 0. The maximum absolute atomic E-state index is 12.0. The van der Waals surface area contributed by atoms with Crippen LogP contribution < -0.4 is 10.6 Å². The molecule has 0 aromatic carbocycles. The molecule has 0 bridgehead atoms. The number of rotatable bonds is 7. The molecule has 1 rings (SSSR count). The third-order valence-corrected chi connectivity index (χ3v) is 3.95. The molecule has 1 fully saturated rings. The van der Waals surface area contributed by atoms with Gasteiger partial charge in [0.15, 0.2) is 0 Å². The van der Waals surface area contributed by atoms with E-state index >= 15 is 0 Å². The first-order chi connectivity index (χ1) is 8.94. The molecule has 1 aliphatic heterocycles. The topological polar surface area (TPSA) is 44.4 Å². The molecular formula is C15H31N3O. The van der Waals surface area contributed by atoms with Gasteiger partial charge in [-0.15, -0.1) is 0 Å². The second-order valence-electron chi connectivity index (χ2n) is 6.53. The van der Waals surface area contributed by atoms with E-state index in [-0.39, 0.29) is 11.3 Å². The fourth-order valence-electron chi connectivity index (χ4n) is 2.70. The second kappa shape index (κ2) is 7.85. The van der Waals surface area contributed by atoms with Crippen LogP contribution in [0.5, 0.6) is 0 Å². The van der Waals surface area contributed by atoms with Gasteiger partial charge in [0, 0.05) is 45.2 Å². The summed E-state index contributed by atoms with van der Waals surface area (Å²) in [5, 5.41) is 6.44. The van der Waals surface area contributed by atoms with Gasteiger partial charge in [-0.25, -0.2) is 0 Å². The zero-order chi connectivity index (χ0) is 14.3. The lowest BCUT2D eigenvalue weighted by Gasteiger charge is -2.32. The van der Waals surface area contributed by atoms with Crippen molar-refractivity contribution in [1.29, 1.82) is 0 Å². The van der Waals surface area contributed by atoms with E-state index in [9.17, 15) is 4.79 Å². The Hall–Kier alpha value is -0.610. The van der Waals surface area contributed by atoms with Crippen molar-refractivity contribution in [2.24, 2.45) is 5.41 Å². The molecular weight excluding hydrogens is 238 g/mol. The quantitative estimate of drug-likeness (QED) is 0.738. The van der Waals surface area contributed by atoms with E-state index < -0.39 is 0 Å². The SMILES string of the molecule is CCCC(C)(C)CNC(=O)CC(C)N1CCNCC1.